The molecule has 98 valence electrons. The Morgan fingerprint density at radius 3 is 2.89 bits per heavy atom. The van der Waals surface area contributed by atoms with Crippen molar-refractivity contribution in [3.05, 3.63) is 17.0 Å². The summed E-state index contributed by atoms with van der Waals surface area (Å²) in [5.74, 6) is -0.158. The van der Waals surface area contributed by atoms with Gasteiger partial charge in [-0.3, -0.25) is 9.89 Å². The van der Waals surface area contributed by atoms with Crippen LogP contribution in [0.3, 0.4) is 0 Å². The van der Waals surface area contributed by atoms with Gasteiger partial charge in [-0.25, -0.2) is 0 Å². The van der Waals surface area contributed by atoms with E-state index < -0.39 is 5.60 Å². The van der Waals surface area contributed by atoms with Crippen molar-refractivity contribution in [2.45, 2.75) is 50.5 Å². The smallest absolute Gasteiger partial charge is 0.272 e. The van der Waals surface area contributed by atoms with Gasteiger partial charge in [-0.15, -0.1) is 0 Å². The molecule has 1 amide bonds. The third-order valence-electron chi connectivity index (χ3n) is 4.13. The summed E-state index contributed by atoms with van der Waals surface area (Å²) >= 11 is 0. The van der Waals surface area contributed by atoms with E-state index in [0.717, 1.165) is 56.2 Å². The van der Waals surface area contributed by atoms with Gasteiger partial charge in [0.25, 0.3) is 5.91 Å². The first-order valence-electron chi connectivity index (χ1n) is 6.75. The number of hydrogen-bond donors (Lipinski definition) is 3. The van der Waals surface area contributed by atoms with E-state index in [4.69, 9.17) is 0 Å². The number of nitrogens with one attached hydrogen (secondary N) is 2. The number of hydrogen-bond acceptors (Lipinski definition) is 3. The van der Waals surface area contributed by atoms with Gasteiger partial charge in [0.2, 0.25) is 0 Å². The topological polar surface area (TPSA) is 78.0 Å². The van der Waals surface area contributed by atoms with Gasteiger partial charge in [0, 0.05) is 17.8 Å². The first-order chi connectivity index (χ1) is 8.68. The van der Waals surface area contributed by atoms with Gasteiger partial charge in [-0.2, -0.15) is 5.10 Å². The van der Waals surface area contributed by atoms with Crippen molar-refractivity contribution in [2.24, 2.45) is 0 Å². The average Bonchev–Trinajstić information content (AvgIpc) is 3.01. The number of aromatic nitrogens is 2. The van der Waals surface area contributed by atoms with E-state index in [2.05, 4.69) is 15.5 Å². The number of amides is 1. The van der Waals surface area contributed by atoms with Crippen molar-refractivity contribution in [3.8, 4) is 0 Å². The van der Waals surface area contributed by atoms with Gasteiger partial charge in [-0.1, -0.05) is 12.8 Å². The van der Waals surface area contributed by atoms with E-state index in [0.29, 0.717) is 12.2 Å². The maximum absolute atomic E-state index is 12.1. The summed E-state index contributed by atoms with van der Waals surface area (Å²) in [4.78, 5) is 12.1. The molecular weight excluding hydrogens is 230 g/mol. The quantitative estimate of drug-likeness (QED) is 0.746. The predicted octanol–water partition coefficient (Wildman–Crippen LogP) is 0.933. The number of H-pyrrole nitrogens is 1. The molecule has 0 bridgehead atoms. The zero-order valence-electron chi connectivity index (χ0n) is 10.5. The molecule has 5 nitrogen and oxygen atoms in total. The normalized spacial score (nSPS) is 20.9. The fraction of sp³-hybridized carbons (Fsp3) is 0.692. The van der Waals surface area contributed by atoms with Gasteiger partial charge < -0.3 is 10.4 Å². The summed E-state index contributed by atoms with van der Waals surface area (Å²) in [6.45, 7) is 0.341. The molecule has 0 atom stereocenters. The summed E-state index contributed by atoms with van der Waals surface area (Å²) < 4.78 is 0. The molecule has 5 heteroatoms. The molecule has 0 saturated heterocycles. The second kappa shape index (κ2) is 4.39. The summed E-state index contributed by atoms with van der Waals surface area (Å²) in [6.07, 6.45) is 6.67. The zero-order valence-corrected chi connectivity index (χ0v) is 10.5. The lowest BCUT2D eigenvalue weighted by Gasteiger charge is -2.22. The van der Waals surface area contributed by atoms with E-state index in [1.54, 1.807) is 0 Å². The fourth-order valence-electron chi connectivity index (χ4n) is 3.05. The Labute approximate surface area is 106 Å². The number of carbonyl (C=O) groups is 1. The SMILES string of the molecule is O=C(NCC1(O)CCCC1)c1n[nH]c2c1CCC2. The maximum atomic E-state index is 12.1. The van der Waals surface area contributed by atoms with Crippen LogP contribution in [0.2, 0.25) is 0 Å². The summed E-state index contributed by atoms with van der Waals surface area (Å²) in [5.41, 5.74) is 1.98. The zero-order chi connectivity index (χ0) is 12.6. The molecule has 0 spiro atoms. The highest BCUT2D eigenvalue weighted by molar-refractivity contribution is 5.94. The third kappa shape index (κ3) is 2.03. The van der Waals surface area contributed by atoms with Gasteiger partial charge >= 0.3 is 0 Å². The molecule has 0 radical (unpaired) electrons. The molecule has 1 fully saturated rings. The Bertz CT molecular complexity index is 461. The first-order valence-corrected chi connectivity index (χ1v) is 6.75. The average molecular weight is 249 g/mol. The highest BCUT2D eigenvalue weighted by Gasteiger charge is 2.32. The van der Waals surface area contributed by atoms with Crippen LogP contribution in [-0.2, 0) is 12.8 Å². The van der Waals surface area contributed by atoms with Crippen LogP contribution in [-0.4, -0.2) is 33.4 Å². The minimum atomic E-state index is -0.699. The van der Waals surface area contributed by atoms with E-state index in [9.17, 15) is 9.90 Å². The van der Waals surface area contributed by atoms with Crippen molar-refractivity contribution < 1.29 is 9.90 Å². The van der Waals surface area contributed by atoms with Crippen LogP contribution in [0, 0.1) is 0 Å². The minimum absolute atomic E-state index is 0.158. The van der Waals surface area contributed by atoms with Crippen molar-refractivity contribution >= 4 is 5.91 Å². The van der Waals surface area contributed by atoms with Crippen molar-refractivity contribution in [1.82, 2.24) is 15.5 Å². The monoisotopic (exact) mass is 249 g/mol. The summed E-state index contributed by atoms with van der Waals surface area (Å²) in [6, 6.07) is 0. The lowest BCUT2D eigenvalue weighted by atomic mass is 10.0. The minimum Gasteiger partial charge on any atom is -0.388 e. The van der Waals surface area contributed by atoms with E-state index in [-0.39, 0.29) is 5.91 Å². The van der Waals surface area contributed by atoms with E-state index in [1.165, 1.54) is 0 Å². The van der Waals surface area contributed by atoms with Gasteiger partial charge in [0.05, 0.1) is 5.60 Å². The number of rotatable bonds is 3. The standard InChI is InChI=1S/C13H19N3O2/c17-12(14-8-13(18)6-1-2-7-13)11-9-4-3-5-10(9)15-16-11/h18H,1-8H2,(H,14,17)(H,15,16). The van der Waals surface area contributed by atoms with Crippen LogP contribution in [0.25, 0.3) is 0 Å². The van der Waals surface area contributed by atoms with Crippen molar-refractivity contribution in [2.75, 3.05) is 6.54 Å². The fourth-order valence-corrected chi connectivity index (χ4v) is 3.05. The molecule has 2 aliphatic carbocycles. The van der Waals surface area contributed by atoms with E-state index >= 15 is 0 Å². The van der Waals surface area contributed by atoms with Gasteiger partial charge in [0.1, 0.15) is 0 Å². The second-order valence-electron chi connectivity index (χ2n) is 5.50. The van der Waals surface area contributed by atoms with Gasteiger partial charge in [-0.05, 0) is 32.1 Å². The lowest BCUT2D eigenvalue weighted by molar-refractivity contribution is 0.0448. The molecule has 18 heavy (non-hydrogen) atoms. The Balaban J connectivity index is 1.64. The highest BCUT2D eigenvalue weighted by atomic mass is 16.3. The van der Waals surface area contributed by atoms with Crippen LogP contribution in [0.5, 0.6) is 0 Å². The highest BCUT2D eigenvalue weighted by Crippen LogP contribution is 2.29. The Kier molecular flexibility index (Phi) is 2.86. The largest absolute Gasteiger partial charge is 0.388 e. The number of fused-ring (bicyclic) bond motifs is 1. The number of nitrogens with zero attached hydrogens (tertiary/aromatic N) is 1. The van der Waals surface area contributed by atoms with Crippen LogP contribution in [0.15, 0.2) is 0 Å². The van der Waals surface area contributed by atoms with Crippen molar-refractivity contribution in [1.29, 1.82) is 0 Å². The summed E-state index contributed by atoms with van der Waals surface area (Å²) in [7, 11) is 0. The number of aliphatic hydroxyl groups is 1. The van der Waals surface area contributed by atoms with Crippen LogP contribution < -0.4 is 5.32 Å². The molecular formula is C13H19N3O2. The van der Waals surface area contributed by atoms with Crippen molar-refractivity contribution in [3.63, 3.8) is 0 Å². The molecule has 0 aromatic carbocycles. The van der Waals surface area contributed by atoms with E-state index in [1.807, 2.05) is 0 Å². The third-order valence-corrected chi connectivity index (χ3v) is 4.13. The van der Waals surface area contributed by atoms with Crippen LogP contribution in [0.1, 0.15) is 53.8 Å². The molecule has 1 heterocycles. The number of aryl methyl sites for hydroxylation is 1. The summed E-state index contributed by atoms with van der Waals surface area (Å²) in [5, 5.41) is 20.0. The number of aromatic amines is 1. The molecule has 3 rings (SSSR count). The molecule has 1 saturated carbocycles. The molecule has 1 aromatic heterocycles. The van der Waals surface area contributed by atoms with Gasteiger partial charge in [0.15, 0.2) is 5.69 Å². The Morgan fingerprint density at radius 2 is 2.11 bits per heavy atom. The molecule has 2 aliphatic rings. The maximum Gasteiger partial charge on any atom is 0.272 e. The van der Waals surface area contributed by atoms with Crippen LogP contribution >= 0.6 is 0 Å². The first kappa shape index (κ1) is 11.7. The van der Waals surface area contributed by atoms with Crippen LogP contribution in [0.4, 0.5) is 0 Å². The Hall–Kier alpha value is -1.36. The molecule has 0 aliphatic heterocycles. The number of carbonyl (C=O) groups excluding carboxylic acids is 1. The molecule has 0 unspecified atom stereocenters. The Morgan fingerprint density at radius 1 is 1.33 bits per heavy atom. The second-order valence-corrected chi connectivity index (χ2v) is 5.50. The predicted molar refractivity (Wildman–Crippen MR) is 66.4 cm³/mol. The lowest BCUT2D eigenvalue weighted by Crippen LogP contribution is -2.41. The molecule has 1 aromatic rings. The molecule has 3 N–H and O–H groups in total.